The van der Waals surface area contributed by atoms with Crippen LogP contribution >= 0.6 is 0 Å². The minimum Gasteiger partial charge on any atom is -0.466 e. The smallest absolute Gasteiger partial charge is 0.334 e. The fourth-order valence-corrected chi connectivity index (χ4v) is 2.43. The molecule has 0 N–H and O–H groups in total. The first-order valence-electron chi connectivity index (χ1n) is 6.55. The first kappa shape index (κ1) is 16.7. The molecule has 1 unspecified atom stereocenters. The minimum absolute atomic E-state index is 0.126. The molecule has 1 aromatic carbocycles. The lowest BCUT2D eigenvalue weighted by Crippen LogP contribution is -2.19. The SMILES string of the molecule is COC(=O)C1=CCC(C)=CC1c1c(F)c(F)c(C#N)c(F)c1F. The van der Waals surface area contributed by atoms with E-state index in [1.165, 1.54) is 12.2 Å². The summed E-state index contributed by atoms with van der Waals surface area (Å²) in [5, 5.41) is 8.61. The van der Waals surface area contributed by atoms with Gasteiger partial charge in [-0.05, 0) is 13.3 Å². The molecular formula is C16H11F4NO2. The lowest BCUT2D eigenvalue weighted by atomic mass is 9.83. The number of hydrogen-bond donors (Lipinski definition) is 0. The Labute approximate surface area is 129 Å². The number of allylic oxidation sites excluding steroid dienone is 3. The summed E-state index contributed by atoms with van der Waals surface area (Å²) in [6.45, 7) is 1.64. The number of halogens is 4. The van der Waals surface area contributed by atoms with E-state index in [-0.39, 0.29) is 5.57 Å². The number of hydrogen-bond acceptors (Lipinski definition) is 3. The Kier molecular flexibility index (Phi) is 4.55. The van der Waals surface area contributed by atoms with E-state index in [9.17, 15) is 22.4 Å². The average molecular weight is 325 g/mol. The minimum atomic E-state index is -1.79. The highest BCUT2D eigenvalue weighted by molar-refractivity contribution is 5.91. The van der Waals surface area contributed by atoms with Crippen LogP contribution in [0.1, 0.15) is 30.4 Å². The zero-order valence-electron chi connectivity index (χ0n) is 12.2. The number of ether oxygens (including phenoxy) is 1. The van der Waals surface area contributed by atoms with Crippen molar-refractivity contribution in [3.05, 3.63) is 57.7 Å². The highest BCUT2D eigenvalue weighted by Gasteiger charge is 2.34. The van der Waals surface area contributed by atoms with Crippen LogP contribution in [-0.4, -0.2) is 13.1 Å². The van der Waals surface area contributed by atoms with Crippen LogP contribution in [0.3, 0.4) is 0 Å². The molecule has 0 spiro atoms. The van der Waals surface area contributed by atoms with Gasteiger partial charge in [-0.15, -0.1) is 0 Å². The molecule has 0 aromatic heterocycles. The Balaban J connectivity index is 2.74. The number of nitriles is 1. The second kappa shape index (κ2) is 6.24. The van der Waals surface area contributed by atoms with Crippen molar-refractivity contribution in [2.75, 3.05) is 7.11 Å². The number of carbonyl (C=O) groups is 1. The highest BCUT2D eigenvalue weighted by Crippen LogP contribution is 2.38. The van der Waals surface area contributed by atoms with Crippen LogP contribution in [0.15, 0.2) is 23.3 Å². The molecule has 3 nitrogen and oxygen atoms in total. The molecule has 0 heterocycles. The first-order chi connectivity index (χ1) is 10.8. The molecule has 0 amide bonds. The fraction of sp³-hybridized carbons (Fsp3) is 0.250. The van der Waals surface area contributed by atoms with E-state index < -0.39 is 46.3 Å². The van der Waals surface area contributed by atoms with Gasteiger partial charge in [0.2, 0.25) is 0 Å². The van der Waals surface area contributed by atoms with Crippen LogP contribution in [0.4, 0.5) is 17.6 Å². The van der Waals surface area contributed by atoms with Gasteiger partial charge in [-0.3, -0.25) is 0 Å². The van der Waals surface area contributed by atoms with Crippen molar-refractivity contribution >= 4 is 5.97 Å². The van der Waals surface area contributed by atoms with Crippen LogP contribution < -0.4 is 0 Å². The van der Waals surface area contributed by atoms with Crippen LogP contribution in [0.25, 0.3) is 0 Å². The van der Waals surface area contributed by atoms with Crippen LogP contribution in [0, 0.1) is 34.6 Å². The van der Waals surface area contributed by atoms with Crippen LogP contribution in [-0.2, 0) is 9.53 Å². The zero-order valence-corrected chi connectivity index (χ0v) is 12.2. The molecule has 0 aliphatic heterocycles. The molecule has 1 atom stereocenters. The molecule has 1 aliphatic rings. The van der Waals surface area contributed by atoms with Gasteiger partial charge in [-0.2, -0.15) is 5.26 Å². The van der Waals surface area contributed by atoms with Gasteiger partial charge in [0.15, 0.2) is 23.3 Å². The maximum absolute atomic E-state index is 14.2. The second-order valence-electron chi connectivity index (χ2n) is 5.00. The van der Waals surface area contributed by atoms with Gasteiger partial charge >= 0.3 is 5.97 Å². The molecule has 2 rings (SSSR count). The Bertz CT molecular complexity index is 761. The van der Waals surface area contributed by atoms with Crippen molar-refractivity contribution in [3.63, 3.8) is 0 Å². The zero-order chi connectivity index (χ0) is 17.3. The number of methoxy groups -OCH3 is 1. The summed E-state index contributed by atoms with van der Waals surface area (Å²) < 4.78 is 60.6. The second-order valence-corrected chi connectivity index (χ2v) is 5.00. The van der Waals surface area contributed by atoms with E-state index in [0.29, 0.717) is 12.0 Å². The van der Waals surface area contributed by atoms with E-state index >= 15 is 0 Å². The molecule has 23 heavy (non-hydrogen) atoms. The van der Waals surface area contributed by atoms with Gasteiger partial charge in [0, 0.05) is 17.1 Å². The molecule has 0 saturated carbocycles. The van der Waals surface area contributed by atoms with Crippen LogP contribution in [0.5, 0.6) is 0 Å². The third-order valence-electron chi connectivity index (χ3n) is 3.57. The fourth-order valence-electron chi connectivity index (χ4n) is 2.43. The normalized spacial score (nSPS) is 17.2. The molecule has 1 aliphatic carbocycles. The summed E-state index contributed by atoms with van der Waals surface area (Å²) in [6.07, 6.45) is 3.06. The quantitative estimate of drug-likeness (QED) is 0.361. The van der Waals surface area contributed by atoms with Gasteiger partial charge in [0.1, 0.15) is 11.6 Å². The maximum atomic E-state index is 14.2. The third-order valence-corrected chi connectivity index (χ3v) is 3.57. The summed E-state index contributed by atoms with van der Waals surface area (Å²) in [6, 6.07) is 1.08. The number of benzene rings is 1. The Morgan fingerprint density at radius 1 is 1.22 bits per heavy atom. The van der Waals surface area contributed by atoms with Crippen LogP contribution in [0.2, 0.25) is 0 Å². The van der Waals surface area contributed by atoms with E-state index in [2.05, 4.69) is 4.74 Å². The lowest BCUT2D eigenvalue weighted by molar-refractivity contribution is -0.136. The van der Waals surface area contributed by atoms with Crippen molar-refractivity contribution in [2.45, 2.75) is 19.3 Å². The summed E-state index contributed by atoms with van der Waals surface area (Å²) in [7, 11) is 1.08. The summed E-state index contributed by atoms with van der Waals surface area (Å²) >= 11 is 0. The Morgan fingerprint density at radius 2 is 1.78 bits per heavy atom. The molecule has 0 radical (unpaired) electrons. The van der Waals surface area contributed by atoms with Gasteiger partial charge in [0.05, 0.1) is 7.11 Å². The topological polar surface area (TPSA) is 50.1 Å². The largest absolute Gasteiger partial charge is 0.466 e. The average Bonchev–Trinajstić information content (AvgIpc) is 2.53. The molecule has 0 fully saturated rings. The summed E-state index contributed by atoms with van der Waals surface area (Å²) in [5.74, 6) is -9.18. The molecule has 0 bridgehead atoms. The Hall–Kier alpha value is -2.62. The van der Waals surface area contributed by atoms with Gasteiger partial charge in [-0.25, -0.2) is 22.4 Å². The summed E-state index contributed by atoms with van der Waals surface area (Å²) in [4.78, 5) is 11.8. The molecule has 120 valence electrons. The van der Waals surface area contributed by atoms with E-state index in [1.54, 1.807) is 6.92 Å². The molecule has 7 heteroatoms. The molecule has 0 saturated heterocycles. The van der Waals surface area contributed by atoms with Gasteiger partial charge < -0.3 is 4.74 Å². The van der Waals surface area contributed by atoms with Crippen molar-refractivity contribution < 1.29 is 27.1 Å². The van der Waals surface area contributed by atoms with Crippen molar-refractivity contribution in [1.29, 1.82) is 5.26 Å². The van der Waals surface area contributed by atoms with Crippen molar-refractivity contribution in [1.82, 2.24) is 0 Å². The Morgan fingerprint density at radius 3 is 2.26 bits per heavy atom. The first-order valence-corrected chi connectivity index (χ1v) is 6.55. The number of carbonyl (C=O) groups excluding carboxylic acids is 1. The molecular weight excluding hydrogens is 314 g/mol. The number of rotatable bonds is 2. The maximum Gasteiger partial charge on any atom is 0.334 e. The van der Waals surface area contributed by atoms with E-state index in [0.717, 1.165) is 13.2 Å². The predicted octanol–water partition coefficient (Wildman–Crippen LogP) is 3.65. The van der Waals surface area contributed by atoms with E-state index in [1.807, 2.05) is 0 Å². The molecule has 1 aromatic rings. The standard InChI is InChI=1S/C16H11F4NO2/c1-7-3-4-8(16(22)23-2)9(5-7)11-14(19)12(17)10(6-21)13(18)15(11)20/h4-5,9H,3H2,1-2H3. The van der Waals surface area contributed by atoms with Crippen molar-refractivity contribution in [3.8, 4) is 6.07 Å². The van der Waals surface area contributed by atoms with Gasteiger partial charge in [0.25, 0.3) is 0 Å². The highest BCUT2D eigenvalue weighted by atomic mass is 19.2. The number of esters is 1. The monoisotopic (exact) mass is 325 g/mol. The van der Waals surface area contributed by atoms with E-state index in [4.69, 9.17) is 5.26 Å². The third kappa shape index (κ3) is 2.72. The lowest BCUT2D eigenvalue weighted by Gasteiger charge is -2.22. The number of nitrogens with zero attached hydrogens (tertiary/aromatic N) is 1. The van der Waals surface area contributed by atoms with Crippen molar-refractivity contribution in [2.24, 2.45) is 0 Å². The van der Waals surface area contributed by atoms with Gasteiger partial charge in [-0.1, -0.05) is 17.7 Å². The predicted molar refractivity (Wildman–Crippen MR) is 72.2 cm³/mol. The summed E-state index contributed by atoms with van der Waals surface area (Å²) in [5.41, 5.74) is -1.77.